The zero-order chi connectivity index (χ0) is 15.1. The number of carbonyl (C=O) groups excluding carboxylic acids is 1. The van der Waals surface area contributed by atoms with Gasteiger partial charge in [0, 0.05) is 6.61 Å². The summed E-state index contributed by atoms with van der Waals surface area (Å²) in [4.78, 5) is 11.1. The van der Waals surface area contributed by atoms with Crippen molar-refractivity contribution in [2.45, 2.75) is 83.7 Å². The van der Waals surface area contributed by atoms with Gasteiger partial charge < -0.3 is 14.9 Å². The molecule has 0 amide bonds. The maximum Gasteiger partial charge on any atom is 0.308 e. The van der Waals surface area contributed by atoms with Gasteiger partial charge in [-0.15, -0.1) is 0 Å². The van der Waals surface area contributed by atoms with Crippen LogP contribution in [0.1, 0.15) is 77.6 Å². The van der Waals surface area contributed by atoms with Crippen LogP contribution in [0.3, 0.4) is 0 Å². The maximum atomic E-state index is 11.1. The lowest BCUT2D eigenvalue weighted by atomic mass is 10.0. The molecule has 0 rings (SSSR count). The summed E-state index contributed by atoms with van der Waals surface area (Å²) in [5.74, 6) is -0.303. The Kier molecular flexibility index (Phi) is 14.3. The predicted octanol–water partition coefficient (Wildman–Crippen LogP) is 3.19. The molecule has 0 aliphatic heterocycles. The SMILES string of the molecule is CCOC(=O)CC(O)CCCCCCCCCCCO. The van der Waals surface area contributed by atoms with E-state index in [0.717, 1.165) is 25.7 Å². The largest absolute Gasteiger partial charge is 0.466 e. The summed E-state index contributed by atoms with van der Waals surface area (Å²) in [6.45, 7) is 2.46. The number of aliphatic hydroxyl groups is 2. The molecule has 4 heteroatoms. The smallest absolute Gasteiger partial charge is 0.308 e. The Labute approximate surface area is 123 Å². The third-order valence-corrected chi connectivity index (χ3v) is 3.40. The Hall–Kier alpha value is -0.610. The molecule has 1 atom stereocenters. The third-order valence-electron chi connectivity index (χ3n) is 3.40. The van der Waals surface area contributed by atoms with E-state index in [4.69, 9.17) is 9.84 Å². The maximum absolute atomic E-state index is 11.1. The van der Waals surface area contributed by atoms with Crippen molar-refractivity contribution in [1.82, 2.24) is 0 Å². The number of ether oxygens (including phenoxy) is 1. The van der Waals surface area contributed by atoms with Crippen LogP contribution in [-0.2, 0) is 9.53 Å². The van der Waals surface area contributed by atoms with E-state index in [1.54, 1.807) is 6.92 Å². The van der Waals surface area contributed by atoms with Gasteiger partial charge in [0.2, 0.25) is 0 Å². The Morgan fingerprint density at radius 1 is 0.950 bits per heavy atom. The molecule has 0 aliphatic rings. The number of aliphatic hydroxyl groups excluding tert-OH is 2. The molecule has 0 heterocycles. The molecule has 0 aromatic heterocycles. The summed E-state index contributed by atoms with van der Waals surface area (Å²) in [5.41, 5.74) is 0. The van der Waals surface area contributed by atoms with Gasteiger partial charge in [-0.05, 0) is 19.8 Å². The Bertz CT molecular complexity index is 219. The Morgan fingerprint density at radius 3 is 1.95 bits per heavy atom. The molecule has 20 heavy (non-hydrogen) atoms. The van der Waals surface area contributed by atoms with Gasteiger partial charge in [-0.25, -0.2) is 0 Å². The van der Waals surface area contributed by atoms with Crippen molar-refractivity contribution in [3.05, 3.63) is 0 Å². The number of hydrogen-bond acceptors (Lipinski definition) is 4. The highest BCUT2D eigenvalue weighted by molar-refractivity contribution is 5.69. The molecular formula is C16H32O4. The van der Waals surface area contributed by atoms with Crippen LogP contribution in [0.25, 0.3) is 0 Å². The minimum atomic E-state index is -0.549. The normalized spacial score (nSPS) is 12.3. The highest BCUT2D eigenvalue weighted by atomic mass is 16.5. The zero-order valence-electron chi connectivity index (χ0n) is 13.0. The molecule has 0 fully saturated rings. The molecular weight excluding hydrogens is 256 g/mol. The van der Waals surface area contributed by atoms with E-state index in [9.17, 15) is 9.90 Å². The van der Waals surface area contributed by atoms with Crippen LogP contribution in [-0.4, -0.2) is 35.5 Å². The topological polar surface area (TPSA) is 66.8 Å². The van der Waals surface area contributed by atoms with Gasteiger partial charge in [-0.2, -0.15) is 0 Å². The minimum absolute atomic E-state index is 0.124. The molecule has 0 aromatic carbocycles. The summed E-state index contributed by atoms with van der Waals surface area (Å²) in [5, 5.41) is 18.3. The molecule has 120 valence electrons. The van der Waals surface area contributed by atoms with Crippen molar-refractivity contribution in [2.75, 3.05) is 13.2 Å². The van der Waals surface area contributed by atoms with Crippen LogP contribution in [0.2, 0.25) is 0 Å². The van der Waals surface area contributed by atoms with Crippen LogP contribution in [0.4, 0.5) is 0 Å². The fraction of sp³-hybridized carbons (Fsp3) is 0.938. The van der Waals surface area contributed by atoms with Gasteiger partial charge in [-0.1, -0.05) is 51.4 Å². The van der Waals surface area contributed by atoms with E-state index in [-0.39, 0.29) is 12.4 Å². The summed E-state index contributed by atoms with van der Waals surface area (Å²) in [7, 11) is 0. The van der Waals surface area contributed by atoms with Crippen LogP contribution in [0.5, 0.6) is 0 Å². The molecule has 0 radical (unpaired) electrons. The number of unbranched alkanes of at least 4 members (excludes halogenated alkanes) is 8. The molecule has 0 saturated carbocycles. The van der Waals surface area contributed by atoms with Crippen LogP contribution in [0, 0.1) is 0 Å². The van der Waals surface area contributed by atoms with E-state index < -0.39 is 6.10 Å². The fourth-order valence-electron chi connectivity index (χ4n) is 2.24. The fourth-order valence-corrected chi connectivity index (χ4v) is 2.24. The molecule has 0 bridgehead atoms. The second kappa shape index (κ2) is 14.8. The Balaban J connectivity index is 3.21. The Morgan fingerprint density at radius 2 is 1.45 bits per heavy atom. The summed E-state index contributed by atoms with van der Waals surface area (Å²) in [6.07, 6.45) is 10.6. The van der Waals surface area contributed by atoms with Crippen molar-refractivity contribution in [1.29, 1.82) is 0 Å². The molecule has 0 spiro atoms. The highest BCUT2D eigenvalue weighted by Crippen LogP contribution is 2.12. The summed E-state index contributed by atoms with van der Waals surface area (Å²) < 4.78 is 4.80. The molecule has 2 N–H and O–H groups in total. The van der Waals surface area contributed by atoms with E-state index >= 15 is 0 Å². The molecule has 0 aliphatic carbocycles. The number of hydrogen-bond donors (Lipinski definition) is 2. The van der Waals surface area contributed by atoms with Gasteiger partial charge in [-0.3, -0.25) is 4.79 Å². The predicted molar refractivity (Wildman–Crippen MR) is 80.5 cm³/mol. The summed E-state index contributed by atoms with van der Waals surface area (Å²) in [6, 6.07) is 0. The standard InChI is InChI=1S/C16H32O4/c1-2-20-16(19)14-15(18)12-10-8-6-4-3-5-7-9-11-13-17/h15,17-18H,2-14H2,1H3. The first-order valence-electron chi connectivity index (χ1n) is 8.15. The first-order valence-corrected chi connectivity index (χ1v) is 8.15. The van der Waals surface area contributed by atoms with Crippen LogP contribution >= 0.6 is 0 Å². The van der Waals surface area contributed by atoms with E-state index in [2.05, 4.69) is 0 Å². The highest BCUT2D eigenvalue weighted by Gasteiger charge is 2.10. The quantitative estimate of drug-likeness (QED) is 0.380. The van der Waals surface area contributed by atoms with Crippen molar-refractivity contribution in [3.63, 3.8) is 0 Å². The van der Waals surface area contributed by atoms with E-state index in [1.165, 1.54) is 32.1 Å². The lowest BCUT2D eigenvalue weighted by molar-refractivity contribution is -0.145. The first kappa shape index (κ1) is 19.4. The summed E-state index contributed by atoms with van der Waals surface area (Å²) >= 11 is 0. The zero-order valence-corrected chi connectivity index (χ0v) is 13.0. The first-order chi connectivity index (χ1) is 9.70. The number of rotatable bonds is 14. The van der Waals surface area contributed by atoms with Gasteiger partial charge in [0.05, 0.1) is 19.1 Å². The lowest BCUT2D eigenvalue weighted by Crippen LogP contribution is -2.15. The van der Waals surface area contributed by atoms with E-state index in [1.807, 2.05) is 0 Å². The minimum Gasteiger partial charge on any atom is -0.466 e. The molecule has 0 aromatic rings. The third kappa shape index (κ3) is 13.8. The monoisotopic (exact) mass is 288 g/mol. The van der Waals surface area contributed by atoms with Crippen LogP contribution < -0.4 is 0 Å². The number of carbonyl (C=O) groups is 1. The second-order valence-corrected chi connectivity index (χ2v) is 5.36. The lowest BCUT2D eigenvalue weighted by Gasteiger charge is -2.09. The molecule has 0 saturated heterocycles. The van der Waals surface area contributed by atoms with E-state index in [0.29, 0.717) is 19.6 Å². The second-order valence-electron chi connectivity index (χ2n) is 5.36. The number of esters is 1. The van der Waals surface area contributed by atoms with Crippen LogP contribution in [0.15, 0.2) is 0 Å². The van der Waals surface area contributed by atoms with Gasteiger partial charge in [0.15, 0.2) is 0 Å². The van der Waals surface area contributed by atoms with Crippen molar-refractivity contribution in [2.24, 2.45) is 0 Å². The van der Waals surface area contributed by atoms with Gasteiger partial charge >= 0.3 is 5.97 Å². The average Bonchev–Trinajstić information content (AvgIpc) is 2.41. The van der Waals surface area contributed by atoms with Gasteiger partial charge in [0.1, 0.15) is 0 Å². The average molecular weight is 288 g/mol. The van der Waals surface area contributed by atoms with Crippen molar-refractivity contribution < 1.29 is 19.7 Å². The van der Waals surface area contributed by atoms with Crippen molar-refractivity contribution in [3.8, 4) is 0 Å². The van der Waals surface area contributed by atoms with Gasteiger partial charge in [0.25, 0.3) is 0 Å². The van der Waals surface area contributed by atoms with Crippen molar-refractivity contribution >= 4 is 5.97 Å². The molecule has 1 unspecified atom stereocenters. The molecule has 4 nitrogen and oxygen atoms in total.